The van der Waals surface area contributed by atoms with Crippen LogP contribution < -0.4 is 10.1 Å². The summed E-state index contributed by atoms with van der Waals surface area (Å²) in [6.07, 6.45) is -3.40. The molecular formula is C24H30F2N2O7. The maximum absolute atomic E-state index is 13.4. The summed E-state index contributed by atoms with van der Waals surface area (Å²) in [7, 11) is 0. The first-order valence-corrected chi connectivity index (χ1v) is 11.0. The molecule has 0 bridgehead atoms. The average Bonchev–Trinajstić information content (AvgIpc) is 3.34. The number of ether oxygens (including phenoxy) is 1. The van der Waals surface area contributed by atoms with Gasteiger partial charge < -0.3 is 30.5 Å². The summed E-state index contributed by atoms with van der Waals surface area (Å²) in [4.78, 5) is 22.0. The van der Waals surface area contributed by atoms with E-state index in [9.17, 15) is 18.4 Å². The number of carboxylic acids is 2. The molecule has 35 heavy (non-hydrogen) atoms. The average molecular weight is 497 g/mol. The van der Waals surface area contributed by atoms with Crippen LogP contribution in [-0.4, -0.2) is 74.6 Å². The van der Waals surface area contributed by atoms with Crippen LogP contribution in [-0.2, 0) is 16.1 Å². The summed E-state index contributed by atoms with van der Waals surface area (Å²) < 4.78 is 32.4. The van der Waals surface area contributed by atoms with Crippen molar-refractivity contribution < 1.29 is 43.5 Å². The predicted octanol–water partition coefficient (Wildman–Crippen LogP) is 2.21. The number of benzene rings is 2. The van der Waals surface area contributed by atoms with Crippen LogP contribution in [0.3, 0.4) is 0 Å². The van der Waals surface area contributed by atoms with Crippen molar-refractivity contribution in [3.05, 3.63) is 59.7 Å². The van der Waals surface area contributed by atoms with E-state index < -0.39 is 35.8 Å². The van der Waals surface area contributed by atoms with E-state index in [0.29, 0.717) is 23.6 Å². The van der Waals surface area contributed by atoms with Crippen molar-refractivity contribution in [2.75, 3.05) is 13.1 Å². The van der Waals surface area contributed by atoms with Gasteiger partial charge in [-0.2, -0.15) is 0 Å². The fourth-order valence-electron chi connectivity index (χ4n) is 3.52. The summed E-state index contributed by atoms with van der Waals surface area (Å²) in [5.41, 5.74) is 1.04. The Kier molecular flexibility index (Phi) is 10.5. The molecule has 0 saturated carbocycles. The second-order valence-corrected chi connectivity index (χ2v) is 8.26. The number of nitrogens with one attached hydrogen (secondary N) is 1. The van der Waals surface area contributed by atoms with Gasteiger partial charge in [0, 0.05) is 36.8 Å². The minimum absolute atomic E-state index is 0.296. The number of aliphatic carboxylic acids is 2. The number of rotatable bonds is 9. The van der Waals surface area contributed by atoms with Crippen LogP contribution in [0.1, 0.15) is 25.8 Å². The Morgan fingerprint density at radius 3 is 2.20 bits per heavy atom. The maximum atomic E-state index is 13.4. The Balaban J connectivity index is 0.000000367. The minimum atomic E-state index is -2.27. The van der Waals surface area contributed by atoms with Gasteiger partial charge in [-0.3, -0.25) is 4.90 Å². The number of carbonyl (C=O) groups is 2. The maximum Gasteiger partial charge on any atom is 0.335 e. The van der Waals surface area contributed by atoms with Crippen molar-refractivity contribution in [3.8, 4) is 11.5 Å². The molecule has 2 aromatic rings. The van der Waals surface area contributed by atoms with Crippen LogP contribution in [0.5, 0.6) is 11.5 Å². The number of halogens is 2. The van der Waals surface area contributed by atoms with E-state index in [1.165, 1.54) is 6.07 Å². The third-order valence-corrected chi connectivity index (χ3v) is 5.42. The zero-order chi connectivity index (χ0) is 26.1. The van der Waals surface area contributed by atoms with Gasteiger partial charge in [0.2, 0.25) is 0 Å². The van der Waals surface area contributed by atoms with Gasteiger partial charge in [-0.05, 0) is 45.0 Å². The van der Waals surface area contributed by atoms with Gasteiger partial charge >= 0.3 is 11.9 Å². The smallest absolute Gasteiger partial charge is 0.335 e. The molecule has 1 aliphatic rings. The number of para-hydroxylation sites is 1. The van der Waals surface area contributed by atoms with Crippen molar-refractivity contribution in [3.63, 3.8) is 0 Å². The van der Waals surface area contributed by atoms with Crippen molar-refractivity contribution in [1.29, 1.82) is 0 Å². The third kappa shape index (κ3) is 8.25. The lowest BCUT2D eigenvalue weighted by molar-refractivity contribution is -0.165. The van der Waals surface area contributed by atoms with Crippen LogP contribution >= 0.6 is 0 Å². The summed E-state index contributed by atoms with van der Waals surface area (Å²) in [6.45, 7) is 7.17. The second-order valence-electron chi connectivity index (χ2n) is 8.26. The highest BCUT2D eigenvalue weighted by molar-refractivity contribution is 5.83. The summed E-state index contributed by atoms with van der Waals surface area (Å²) in [6, 6.07) is 12.2. The molecule has 0 aromatic heterocycles. The molecule has 192 valence electrons. The normalized spacial score (nSPS) is 17.0. The first-order valence-electron chi connectivity index (χ1n) is 11.0. The van der Waals surface area contributed by atoms with Gasteiger partial charge in [0.1, 0.15) is 11.5 Å². The van der Waals surface area contributed by atoms with E-state index in [1.54, 1.807) is 0 Å². The van der Waals surface area contributed by atoms with Gasteiger partial charge in [0.05, 0.1) is 0 Å². The molecule has 9 nitrogen and oxygen atoms in total. The highest BCUT2D eigenvalue weighted by Gasteiger charge is 2.29. The Labute approximate surface area is 201 Å². The van der Waals surface area contributed by atoms with Crippen molar-refractivity contribution in [2.24, 2.45) is 0 Å². The quantitative estimate of drug-likeness (QED) is 0.353. The minimum Gasteiger partial charge on any atom is -0.479 e. The Morgan fingerprint density at radius 2 is 1.69 bits per heavy atom. The molecule has 0 spiro atoms. The fourth-order valence-corrected chi connectivity index (χ4v) is 3.52. The van der Waals surface area contributed by atoms with Crippen molar-refractivity contribution in [1.82, 2.24) is 10.2 Å². The molecule has 5 N–H and O–H groups in total. The van der Waals surface area contributed by atoms with Crippen LogP contribution in [0.4, 0.5) is 8.78 Å². The summed E-state index contributed by atoms with van der Waals surface area (Å²) >= 11 is 0. The SMILES string of the molecule is CC(C)N(Cc1ccccc1Oc1ccc(F)c(F)c1)[C@H]1CCNC1.O=C(O)[C@H](O)[C@@H](O)C(=O)O. The highest BCUT2D eigenvalue weighted by Crippen LogP contribution is 2.29. The number of aliphatic hydroxyl groups is 2. The van der Waals surface area contributed by atoms with E-state index in [-0.39, 0.29) is 0 Å². The van der Waals surface area contributed by atoms with Gasteiger partial charge in [-0.15, -0.1) is 0 Å². The highest BCUT2D eigenvalue weighted by atomic mass is 19.2. The van der Waals surface area contributed by atoms with Crippen LogP contribution in [0.25, 0.3) is 0 Å². The van der Waals surface area contributed by atoms with Crippen molar-refractivity contribution in [2.45, 2.75) is 51.1 Å². The number of hydrogen-bond donors (Lipinski definition) is 5. The topological polar surface area (TPSA) is 140 Å². The van der Waals surface area contributed by atoms with E-state index in [1.807, 2.05) is 24.3 Å². The molecule has 1 fully saturated rings. The molecule has 1 aliphatic heterocycles. The van der Waals surface area contributed by atoms with Gasteiger partial charge in [-0.1, -0.05) is 18.2 Å². The molecular weight excluding hydrogens is 466 g/mol. The first-order chi connectivity index (χ1) is 16.5. The zero-order valence-electron chi connectivity index (χ0n) is 19.4. The molecule has 3 atom stereocenters. The molecule has 0 unspecified atom stereocenters. The molecule has 0 amide bonds. The molecule has 3 rings (SSSR count). The Hall–Kier alpha value is -3.12. The molecule has 1 saturated heterocycles. The van der Waals surface area contributed by atoms with Gasteiger partial charge in [0.25, 0.3) is 0 Å². The first kappa shape index (κ1) is 28.1. The van der Waals surface area contributed by atoms with Gasteiger partial charge in [0.15, 0.2) is 23.8 Å². The van der Waals surface area contributed by atoms with Crippen LogP contribution in [0.2, 0.25) is 0 Å². The van der Waals surface area contributed by atoms with Crippen LogP contribution in [0.15, 0.2) is 42.5 Å². The predicted molar refractivity (Wildman–Crippen MR) is 122 cm³/mol. The second kappa shape index (κ2) is 13.1. The Morgan fingerprint density at radius 1 is 1.06 bits per heavy atom. The summed E-state index contributed by atoms with van der Waals surface area (Å²) in [5, 5.41) is 35.9. The van der Waals surface area contributed by atoms with Crippen molar-refractivity contribution >= 4 is 11.9 Å². The number of hydrogen-bond acceptors (Lipinski definition) is 7. The Bertz CT molecular complexity index is 982. The van der Waals surface area contributed by atoms with Crippen LogP contribution in [0, 0.1) is 11.6 Å². The standard InChI is InChI=1S/C20H24F2N2O.C4H6O6/c1-14(2)24(16-9-10-23-12-16)13-15-5-3-4-6-20(15)25-17-7-8-18(21)19(22)11-17;5-1(3(7)8)2(6)4(9)10/h3-8,11,14,16,23H,9-10,12-13H2,1-2H3;1-2,5-6H,(H,7,8)(H,9,10)/t16-;1-,2-/m01/s1. The monoisotopic (exact) mass is 496 g/mol. The largest absolute Gasteiger partial charge is 0.479 e. The lowest BCUT2D eigenvalue weighted by Gasteiger charge is -2.32. The number of carboxylic acid groups (broad SMARTS) is 2. The molecule has 0 aliphatic carbocycles. The lowest BCUT2D eigenvalue weighted by Crippen LogP contribution is -2.41. The van der Waals surface area contributed by atoms with Gasteiger partial charge in [-0.25, -0.2) is 18.4 Å². The third-order valence-electron chi connectivity index (χ3n) is 5.42. The molecule has 1 heterocycles. The van der Waals surface area contributed by atoms with E-state index in [2.05, 4.69) is 24.1 Å². The van der Waals surface area contributed by atoms with E-state index >= 15 is 0 Å². The zero-order valence-corrected chi connectivity index (χ0v) is 19.4. The lowest BCUT2D eigenvalue weighted by atomic mass is 10.1. The number of aliphatic hydroxyl groups excluding tert-OH is 2. The molecule has 0 radical (unpaired) electrons. The summed E-state index contributed by atoms with van der Waals surface area (Å²) in [5.74, 6) is -4.35. The molecule has 11 heteroatoms. The van der Waals surface area contributed by atoms with E-state index in [4.69, 9.17) is 25.2 Å². The van der Waals surface area contributed by atoms with E-state index in [0.717, 1.165) is 43.8 Å². The fraction of sp³-hybridized carbons (Fsp3) is 0.417. The number of nitrogens with zero attached hydrogens (tertiary/aromatic N) is 1. The molecule has 2 aromatic carbocycles.